The van der Waals surface area contributed by atoms with E-state index in [2.05, 4.69) is 15.8 Å². The van der Waals surface area contributed by atoms with Crippen molar-refractivity contribution >= 4 is 17.0 Å². The molecule has 0 radical (unpaired) electrons. The number of carbonyl (C=O) groups excluding carboxylic acids is 1. The van der Waals surface area contributed by atoms with E-state index in [1.807, 2.05) is 24.3 Å². The predicted molar refractivity (Wildman–Crippen MR) is 76.3 cm³/mol. The van der Waals surface area contributed by atoms with E-state index in [-0.39, 0.29) is 6.03 Å². The van der Waals surface area contributed by atoms with Crippen LogP contribution in [0.3, 0.4) is 0 Å². The molecule has 0 spiro atoms. The van der Waals surface area contributed by atoms with Crippen molar-refractivity contribution in [2.24, 2.45) is 0 Å². The molecular weight excluding hydrogens is 254 g/mol. The van der Waals surface area contributed by atoms with Gasteiger partial charge in [0.1, 0.15) is 5.69 Å². The molecule has 20 heavy (non-hydrogen) atoms. The highest BCUT2D eigenvalue weighted by atomic mass is 16.5. The van der Waals surface area contributed by atoms with E-state index >= 15 is 0 Å². The fourth-order valence-electron chi connectivity index (χ4n) is 2.71. The van der Waals surface area contributed by atoms with Gasteiger partial charge in [-0.05, 0) is 25.0 Å². The summed E-state index contributed by atoms with van der Waals surface area (Å²) in [6.45, 7) is 0.384. The third-order valence-corrected chi connectivity index (χ3v) is 3.81. The van der Waals surface area contributed by atoms with E-state index in [4.69, 9.17) is 4.52 Å². The molecule has 0 atom stereocenters. The molecule has 0 aliphatic heterocycles. The van der Waals surface area contributed by atoms with Crippen LogP contribution in [0.2, 0.25) is 0 Å². The first-order chi connectivity index (χ1) is 9.83. The number of aromatic nitrogens is 1. The highest BCUT2D eigenvalue weighted by Crippen LogP contribution is 2.18. The lowest BCUT2D eigenvalue weighted by atomic mass is 9.96. The van der Waals surface area contributed by atoms with Crippen molar-refractivity contribution in [3.05, 3.63) is 30.0 Å². The maximum absolute atomic E-state index is 11.9. The number of nitrogens with zero attached hydrogens (tertiary/aromatic N) is 1. The summed E-state index contributed by atoms with van der Waals surface area (Å²) in [6, 6.07) is 7.85. The van der Waals surface area contributed by atoms with Crippen LogP contribution in [-0.4, -0.2) is 17.2 Å². The lowest BCUT2D eigenvalue weighted by Crippen LogP contribution is -2.42. The molecule has 106 valence electrons. The van der Waals surface area contributed by atoms with Gasteiger partial charge in [0, 0.05) is 11.4 Å². The van der Waals surface area contributed by atoms with Crippen LogP contribution in [0.1, 0.15) is 37.8 Å². The van der Waals surface area contributed by atoms with E-state index in [0.717, 1.165) is 29.5 Å². The Labute approximate surface area is 117 Å². The lowest BCUT2D eigenvalue weighted by Gasteiger charge is -2.22. The van der Waals surface area contributed by atoms with Gasteiger partial charge in [-0.3, -0.25) is 0 Å². The molecular formula is C15H19N3O2. The summed E-state index contributed by atoms with van der Waals surface area (Å²) in [4.78, 5) is 11.9. The third-order valence-electron chi connectivity index (χ3n) is 3.81. The van der Waals surface area contributed by atoms with Gasteiger partial charge in [0.15, 0.2) is 5.58 Å². The molecule has 1 saturated carbocycles. The third kappa shape index (κ3) is 2.92. The first-order valence-electron chi connectivity index (χ1n) is 7.20. The summed E-state index contributed by atoms with van der Waals surface area (Å²) in [5.74, 6) is 0. The minimum Gasteiger partial charge on any atom is -0.356 e. The van der Waals surface area contributed by atoms with Gasteiger partial charge in [-0.15, -0.1) is 0 Å². The van der Waals surface area contributed by atoms with Gasteiger partial charge in [-0.25, -0.2) is 4.79 Å². The number of amides is 2. The first kappa shape index (κ1) is 13.0. The second-order valence-electron chi connectivity index (χ2n) is 5.29. The van der Waals surface area contributed by atoms with Crippen LogP contribution in [-0.2, 0) is 6.54 Å². The number of carbonyl (C=O) groups is 1. The van der Waals surface area contributed by atoms with Crippen molar-refractivity contribution in [1.29, 1.82) is 0 Å². The topological polar surface area (TPSA) is 67.2 Å². The Morgan fingerprint density at radius 3 is 2.90 bits per heavy atom. The number of nitrogens with one attached hydrogen (secondary N) is 2. The van der Waals surface area contributed by atoms with Crippen LogP contribution >= 0.6 is 0 Å². The molecule has 5 nitrogen and oxygen atoms in total. The Kier molecular flexibility index (Phi) is 3.85. The molecule has 1 fully saturated rings. The molecule has 1 aromatic carbocycles. The van der Waals surface area contributed by atoms with Gasteiger partial charge in [-0.1, -0.05) is 36.6 Å². The average molecular weight is 273 g/mol. The Hall–Kier alpha value is -2.04. The normalized spacial score (nSPS) is 16.2. The average Bonchev–Trinajstić information content (AvgIpc) is 2.89. The molecule has 0 unspecified atom stereocenters. The van der Waals surface area contributed by atoms with Gasteiger partial charge in [0.2, 0.25) is 0 Å². The Morgan fingerprint density at radius 1 is 1.25 bits per heavy atom. The number of benzene rings is 1. The van der Waals surface area contributed by atoms with Crippen molar-refractivity contribution < 1.29 is 9.32 Å². The van der Waals surface area contributed by atoms with Crippen LogP contribution in [0.15, 0.2) is 28.8 Å². The van der Waals surface area contributed by atoms with Crippen LogP contribution in [0.4, 0.5) is 4.79 Å². The Balaban J connectivity index is 1.54. The fraction of sp³-hybridized carbons (Fsp3) is 0.467. The summed E-state index contributed by atoms with van der Waals surface area (Å²) in [5.41, 5.74) is 1.51. The Morgan fingerprint density at radius 2 is 2.05 bits per heavy atom. The van der Waals surface area contributed by atoms with Crippen LogP contribution < -0.4 is 10.6 Å². The summed E-state index contributed by atoms with van der Waals surface area (Å²) >= 11 is 0. The molecule has 0 bridgehead atoms. The standard InChI is InChI=1S/C15H19N3O2/c19-15(17-11-6-2-1-3-7-11)16-10-13-12-8-4-5-9-14(12)20-18-13/h4-5,8-9,11H,1-3,6-7,10H2,(H2,16,17,19). The molecule has 3 rings (SSSR count). The maximum atomic E-state index is 11.9. The van der Waals surface area contributed by atoms with E-state index < -0.39 is 0 Å². The van der Waals surface area contributed by atoms with Crippen molar-refractivity contribution in [2.75, 3.05) is 0 Å². The second-order valence-corrected chi connectivity index (χ2v) is 5.29. The quantitative estimate of drug-likeness (QED) is 0.903. The molecule has 2 amide bonds. The van der Waals surface area contributed by atoms with E-state index in [1.165, 1.54) is 19.3 Å². The molecule has 0 saturated heterocycles. The van der Waals surface area contributed by atoms with Gasteiger partial charge in [0.25, 0.3) is 0 Å². The van der Waals surface area contributed by atoms with Gasteiger partial charge in [0.05, 0.1) is 6.54 Å². The molecule has 2 aromatic rings. The zero-order valence-electron chi connectivity index (χ0n) is 11.4. The summed E-state index contributed by atoms with van der Waals surface area (Å²) in [7, 11) is 0. The maximum Gasteiger partial charge on any atom is 0.315 e. The molecule has 5 heteroatoms. The fourth-order valence-corrected chi connectivity index (χ4v) is 2.71. The van der Waals surface area contributed by atoms with Crippen molar-refractivity contribution in [3.63, 3.8) is 0 Å². The number of fused-ring (bicyclic) bond motifs is 1. The second kappa shape index (κ2) is 5.94. The summed E-state index contributed by atoms with van der Waals surface area (Å²) < 4.78 is 5.21. The van der Waals surface area contributed by atoms with Crippen molar-refractivity contribution in [2.45, 2.75) is 44.7 Å². The molecule has 1 aliphatic carbocycles. The van der Waals surface area contributed by atoms with Gasteiger partial charge >= 0.3 is 6.03 Å². The SMILES string of the molecule is O=C(NCc1noc2ccccc12)NC1CCCCC1. The highest BCUT2D eigenvalue weighted by Gasteiger charge is 2.16. The molecule has 1 aromatic heterocycles. The van der Waals surface area contributed by atoms with Gasteiger partial charge in [-0.2, -0.15) is 0 Å². The van der Waals surface area contributed by atoms with Gasteiger partial charge < -0.3 is 15.2 Å². The smallest absolute Gasteiger partial charge is 0.315 e. The Bertz CT molecular complexity index is 588. The van der Waals surface area contributed by atoms with Crippen LogP contribution in [0, 0.1) is 0 Å². The first-order valence-corrected chi connectivity index (χ1v) is 7.20. The summed E-state index contributed by atoms with van der Waals surface area (Å²) in [5, 5.41) is 10.8. The highest BCUT2D eigenvalue weighted by molar-refractivity contribution is 5.80. The van der Waals surface area contributed by atoms with E-state index in [1.54, 1.807) is 0 Å². The van der Waals surface area contributed by atoms with Crippen molar-refractivity contribution in [3.8, 4) is 0 Å². The van der Waals surface area contributed by atoms with E-state index in [9.17, 15) is 4.79 Å². The molecule has 2 N–H and O–H groups in total. The largest absolute Gasteiger partial charge is 0.356 e. The minimum atomic E-state index is -0.121. The number of urea groups is 1. The zero-order valence-corrected chi connectivity index (χ0v) is 11.4. The number of hydrogen-bond donors (Lipinski definition) is 2. The minimum absolute atomic E-state index is 0.121. The lowest BCUT2D eigenvalue weighted by molar-refractivity contribution is 0.232. The monoisotopic (exact) mass is 273 g/mol. The summed E-state index contributed by atoms with van der Waals surface area (Å²) in [6.07, 6.45) is 5.86. The zero-order chi connectivity index (χ0) is 13.8. The number of hydrogen-bond acceptors (Lipinski definition) is 3. The predicted octanol–water partition coefficient (Wildman–Crippen LogP) is 2.96. The number of para-hydroxylation sites is 1. The molecule has 1 heterocycles. The van der Waals surface area contributed by atoms with Crippen LogP contribution in [0.5, 0.6) is 0 Å². The van der Waals surface area contributed by atoms with Crippen molar-refractivity contribution in [1.82, 2.24) is 15.8 Å². The van der Waals surface area contributed by atoms with Crippen LogP contribution in [0.25, 0.3) is 11.0 Å². The molecule has 1 aliphatic rings. The number of rotatable bonds is 3. The van der Waals surface area contributed by atoms with E-state index in [0.29, 0.717) is 12.6 Å².